The van der Waals surface area contributed by atoms with Gasteiger partial charge in [-0.05, 0) is 25.0 Å². The van der Waals surface area contributed by atoms with Crippen LogP contribution in [0.2, 0.25) is 0 Å². The summed E-state index contributed by atoms with van der Waals surface area (Å²) in [5, 5.41) is 17.2. The molecule has 0 aliphatic carbocycles. The van der Waals surface area contributed by atoms with Gasteiger partial charge in [0.15, 0.2) is 0 Å². The highest BCUT2D eigenvalue weighted by molar-refractivity contribution is 5.12. The SMILES string of the molecule is CCc1cn(O)c(C)cc1=N. The van der Waals surface area contributed by atoms with Gasteiger partial charge in [-0.15, -0.1) is 0 Å². The van der Waals surface area contributed by atoms with E-state index in [0.29, 0.717) is 11.1 Å². The zero-order valence-electron chi connectivity index (χ0n) is 6.76. The van der Waals surface area contributed by atoms with E-state index < -0.39 is 0 Å². The summed E-state index contributed by atoms with van der Waals surface area (Å²) in [5.41, 5.74) is 1.55. The van der Waals surface area contributed by atoms with Crippen LogP contribution in [0.25, 0.3) is 0 Å². The molecule has 0 aliphatic rings. The standard InChI is InChI=1S/C8H12N2O/c1-3-7-5-10(11)6(2)4-8(7)9/h4-5,9,11H,3H2,1-2H3. The lowest BCUT2D eigenvalue weighted by Crippen LogP contribution is -2.12. The van der Waals surface area contributed by atoms with Crippen molar-refractivity contribution >= 4 is 0 Å². The fourth-order valence-electron chi connectivity index (χ4n) is 0.968. The van der Waals surface area contributed by atoms with Crippen molar-refractivity contribution in [3.8, 4) is 0 Å². The predicted octanol–water partition coefficient (Wildman–Crippen LogP) is 1.08. The van der Waals surface area contributed by atoms with E-state index in [-0.39, 0.29) is 0 Å². The Bertz CT molecular complexity index is 314. The second-order valence-corrected chi connectivity index (χ2v) is 2.55. The second kappa shape index (κ2) is 2.78. The largest absolute Gasteiger partial charge is 0.429 e. The minimum atomic E-state index is 0.496. The summed E-state index contributed by atoms with van der Waals surface area (Å²) in [6, 6.07) is 1.65. The minimum Gasteiger partial charge on any atom is -0.429 e. The van der Waals surface area contributed by atoms with Crippen molar-refractivity contribution in [2.24, 2.45) is 0 Å². The maximum atomic E-state index is 9.19. The van der Waals surface area contributed by atoms with E-state index in [1.165, 1.54) is 0 Å². The first-order valence-electron chi connectivity index (χ1n) is 3.61. The molecule has 2 N–H and O–H groups in total. The number of aryl methyl sites for hydroxylation is 2. The second-order valence-electron chi connectivity index (χ2n) is 2.55. The third-order valence-corrected chi connectivity index (χ3v) is 1.72. The molecule has 0 saturated carbocycles. The topological polar surface area (TPSA) is 49.0 Å². The first kappa shape index (κ1) is 7.85. The van der Waals surface area contributed by atoms with Crippen LogP contribution in [0.4, 0.5) is 0 Å². The maximum absolute atomic E-state index is 9.19. The van der Waals surface area contributed by atoms with Crippen LogP contribution in [0.1, 0.15) is 18.2 Å². The molecule has 0 aliphatic heterocycles. The van der Waals surface area contributed by atoms with Crippen LogP contribution in [-0.4, -0.2) is 9.94 Å². The smallest absolute Gasteiger partial charge is 0.0606 e. The van der Waals surface area contributed by atoms with Crippen LogP contribution < -0.4 is 5.36 Å². The van der Waals surface area contributed by atoms with E-state index in [0.717, 1.165) is 16.7 Å². The summed E-state index contributed by atoms with van der Waals surface area (Å²) in [4.78, 5) is 0. The van der Waals surface area contributed by atoms with E-state index >= 15 is 0 Å². The fraction of sp³-hybridized carbons (Fsp3) is 0.375. The molecule has 1 heterocycles. The van der Waals surface area contributed by atoms with Crippen molar-refractivity contribution < 1.29 is 5.21 Å². The molecule has 1 rings (SSSR count). The molecule has 0 spiro atoms. The normalized spacial score (nSPS) is 10.0. The molecule has 0 unspecified atom stereocenters. The van der Waals surface area contributed by atoms with E-state index in [9.17, 15) is 5.21 Å². The first-order valence-corrected chi connectivity index (χ1v) is 3.61. The highest BCUT2D eigenvalue weighted by atomic mass is 16.5. The highest BCUT2D eigenvalue weighted by Gasteiger charge is 1.96. The van der Waals surface area contributed by atoms with E-state index in [4.69, 9.17) is 5.41 Å². The molecule has 1 aromatic rings. The lowest BCUT2D eigenvalue weighted by Gasteiger charge is -2.04. The van der Waals surface area contributed by atoms with Crippen LogP contribution in [0.3, 0.4) is 0 Å². The molecule has 0 radical (unpaired) electrons. The first-order chi connectivity index (χ1) is 5.15. The molecule has 0 fully saturated rings. The monoisotopic (exact) mass is 152 g/mol. The molecule has 3 nitrogen and oxygen atoms in total. The predicted molar refractivity (Wildman–Crippen MR) is 41.6 cm³/mol. The number of hydrogen-bond donors (Lipinski definition) is 2. The van der Waals surface area contributed by atoms with E-state index in [2.05, 4.69) is 0 Å². The average Bonchev–Trinajstić information content (AvgIpc) is 1.97. The number of aromatic nitrogens is 1. The summed E-state index contributed by atoms with van der Waals surface area (Å²) in [6.45, 7) is 3.72. The number of pyridine rings is 1. The zero-order chi connectivity index (χ0) is 8.43. The zero-order valence-corrected chi connectivity index (χ0v) is 6.76. The lowest BCUT2D eigenvalue weighted by atomic mass is 10.2. The van der Waals surface area contributed by atoms with Crippen LogP contribution in [0, 0.1) is 12.3 Å². The molecule has 0 bridgehead atoms. The molecule has 0 saturated heterocycles. The molecule has 0 atom stereocenters. The summed E-state index contributed by atoms with van der Waals surface area (Å²) in [5.74, 6) is 0. The Hall–Kier alpha value is -1.25. The highest BCUT2D eigenvalue weighted by Crippen LogP contribution is 1.95. The lowest BCUT2D eigenvalue weighted by molar-refractivity contribution is 0.176. The number of hydrogen-bond acceptors (Lipinski definition) is 2. The van der Waals surface area contributed by atoms with E-state index in [1.807, 2.05) is 6.92 Å². The Morgan fingerprint density at radius 3 is 2.82 bits per heavy atom. The molecule has 0 aromatic carbocycles. The van der Waals surface area contributed by atoms with Crippen LogP contribution >= 0.6 is 0 Å². The Balaban J connectivity index is 3.32. The fourth-order valence-corrected chi connectivity index (χ4v) is 0.968. The molecule has 60 valence electrons. The molecular weight excluding hydrogens is 140 g/mol. The van der Waals surface area contributed by atoms with Crippen molar-refractivity contribution in [1.29, 1.82) is 5.41 Å². The van der Waals surface area contributed by atoms with Crippen molar-refractivity contribution in [1.82, 2.24) is 4.73 Å². The molecule has 11 heavy (non-hydrogen) atoms. The molecule has 3 heteroatoms. The molecule has 1 aromatic heterocycles. The van der Waals surface area contributed by atoms with Gasteiger partial charge in [0.25, 0.3) is 0 Å². The summed E-state index contributed by atoms with van der Waals surface area (Å²) in [6.07, 6.45) is 2.36. The number of rotatable bonds is 1. The van der Waals surface area contributed by atoms with Gasteiger partial charge in [0, 0.05) is 6.20 Å². The third-order valence-electron chi connectivity index (χ3n) is 1.72. The Labute approximate surface area is 65.4 Å². The van der Waals surface area contributed by atoms with Gasteiger partial charge in [0.2, 0.25) is 0 Å². The van der Waals surface area contributed by atoms with Crippen LogP contribution in [0.5, 0.6) is 0 Å². The maximum Gasteiger partial charge on any atom is 0.0606 e. The van der Waals surface area contributed by atoms with Crippen LogP contribution in [-0.2, 0) is 6.42 Å². The van der Waals surface area contributed by atoms with Gasteiger partial charge in [-0.2, -0.15) is 4.73 Å². The Morgan fingerprint density at radius 2 is 2.27 bits per heavy atom. The Kier molecular flexibility index (Phi) is 1.98. The minimum absolute atomic E-state index is 0.496. The number of nitrogens with one attached hydrogen (secondary N) is 1. The number of nitrogens with zero attached hydrogens (tertiary/aromatic N) is 1. The van der Waals surface area contributed by atoms with Crippen molar-refractivity contribution in [3.05, 3.63) is 28.9 Å². The van der Waals surface area contributed by atoms with Gasteiger partial charge in [0.05, 0.1) is 11.1 Å². The van der Waals surface area contributed by atoms with Gasteiger partial charge >= 0.3 is 0 Å². The van der Waals surface area contributed by atoms with Gasteiger partial charge in [-0.25, -0.2) is 0 Å². The summed E-state index contributed by atoms with van der Waals surface area (Å²) >= 11 is 0. The average molecular weight is 152 g/mol. The summed E-state index contributed by atoms with van der Waals surface area (Å²) in [7, 11) is 0. The van der Waals surface area contributed by atoms with Gasteiger partial charge in [-0.3, -0.25) is 0 Å². The van der Waals surface area contributed by atoms with Gasteiger partial charge in [-0.1, -0.05) is 6.92 Å². The Morgan fingerprint density at radius 1 is 1.64 bits per heavy atom. The van der Waals surface area contributed by atoms with E-state index in [1.54, 1.807) is 19.2 Å². The summed E-state index contributed by atoms with van der Waals surface area (Å²) < 4.78 is 1.05. The molecular formula is C8H12N2O. The van der Waals surface area contributed by atoms with Crippen molar-refractivity contribution in [2.75, 3.05) is 0 Å². The van der Waals surface area contributed by atoms with Gasteiger partial charge < -0.3 is 10.6 Å². The molecule has 0 amide bonds. The van der Waals surface area contributed by atoms with Crippen LogP contribution in [0.15, 0.2) is 12.3 Å². The van der Waals surface area contributed by atoms with Crippen molar-refractivity contribution in [3.63, 3.8) is 0 Å². The van der Waals surface area contributed by atoms with Gasteiger partial charge in [0.1, 0.15) is 0 Å². The third kappa shape index (κ3) is 1.42. The quantitative estimate of drug-likeness (QED) is 0.581. The van der Waals surface area contributed by atoms with Crippen molar-refractivity contribution in [2.45, 2.75) is 20.3 Å².